The standard InChI is InChI=1S/C17H18N4O2.ClH/c1-17(11-23-10-15(18)21-17)12-5-4-6-13(9-12)20-16(22)14-7-2-3-8-19-14;/h2-9H,10-11H2,1H3,(H2,18,21)(H,20,22);1H. The van der Waals surface area contributed by atoms with Crippen LogP contribution >= 0.6 is 12.4 Å². The Morgan fingerprint density at radius 1 is 1.29 bits per heavy atom. The van der Waals surface area contributed by atoms with Crippen LogP contribution in [0.3, 0.4) is 0 Å². The number of nitrogens with one attached hydrogen (secondary N) is 1. The molecule has 1 atom stereocenters. The summed E-state index contributed by atoms with van der Waals surface area (Å²) in [7, 11) is 0. The van der Waals surface area contributed by atoms with E-state index in [1.165, 1.54) is 0 Å². The van der Waals surface area contributed by atoms with Gasteiger partial charge in [-0.25, -0.2) is 0 Å². The van der Waals surface area contributed by atoms with E-state index in [2.05, 4.69) is 15.3 Å². The molecule has 3 N–H and O–H groups in total. The van der Waals surface area contributed by atoms with Crippen LogP contribution in [-0.2, 0) is 10.3 Å². The van der Waals surface area contributed by atoms with E-state index in [0.717, 1.165) is 5.56 Å². The zero-order valence-corrected chi connectivity index (χ0v) is 14.0. The van der Waals surface area contributed by atoms with Crippen molar-refractivity contribution in [3.63, 3.8) is 0 Å². The van der Waals surface area contributed by atoms with Crippen LogP contribution in [-0.4, -0.2) is 29.9 Å². The van der Waals surface area contributed by atoms with Gasteiger partial charge < -0.3 is 15.8 Å². The molecule has 3 rings (SSSR count). The molecule has 2 aromatic rings. The zero-order valence-electron chi connectivity index (χ0n) is 13.2. The minimum atomic E-state index is -0.548. The van der Waals surface area contributed by atoms with Crippen molar-refractivity contribution < 1.29 is 9.53 Å². The summed E-state index contributed by atoms with van der Waals surface area (Å²) in [6.07, 6.45) is 1.59. The molecule has 0 radical (unpaired) electrons. The van der Waals surface area contributed by atoms with Crippen LogP contribution in [0.4, 0.5) is 5.69 Å². The summed E-state index contributed by atoms with van der Waals surface area (Å²) in [5.74, 6) is 0.220. The molecule has 0 saturated heterocycles. The van der Waals surface area contributed by atoms with E-state index in [1.807, 2.05) is 31.2 Å². The van der Waals surface area contributed by atoms with E-state index in [9.17, 15) is 4.79 Å². The Morgan fingerprint density at radius 2 is 2.12 bits per heavy atom. The normalized spacial score (nSPS) is 19.8. The number of nitrogens with two attached hydrogens (primary N) is 1. The van der Waals surface area contributed by atoms with Gasteiger partial charge >= 0.3 is 0 Å². The van der Waals surface area contributed by atoms with Crippen molar-refractivity contribution in [3.05, 3.63) is 59.9 Å². The smallest absolute Gasteiger partial charge is 0.274 e. The lowest BCUT2D eigenvalue weighted by Gasteiger charge is -2.30. The Balaban J connectivity index is 0.00000208. The molecule has 0 bridgehead atoms. The van der Waals surface area contributed by atoms with Crippen molar-refractivity contribution >= 4 is 29.8 Å². The van der Waals surface area contributed by atoms with Gasteiger partial charge in [0.15, 0.2) is 0 Å². The number of aromatic nitrogens is 1. The fourth-order valence-electron chi connectivity index (χ4n) is 2.51. The Hall–Kier alpha value is -2.44. The number of carbonyl (C=O) groups is 1. The van der Waals surface area contributed by atoms with Gasteiger partial charge in [-0.1, -0.05) is 18.2 Å². The second-order valence-electron chi connectivity index (χ2n) is 5.62. The number of nitrogens with zero attached hydrogens (tertiary/aromatic N) is 2. The largest absolute Gasteiger partial charge is 0.386 e. The average molecular weight is 347 g/mol. The molecule has 2 heterocycles. The molecule has 126 valence electrons. The number of hydrogen-bond donors (Lipinski definition) is 2. The summed E-state index contributed by atoms with van der Waals surface area (Å²) in [6, 6.07) is 12.7. The number of anilines is 1. The molecule has 0 fully saturated rings. The lowest BCUT2D eigenvalue weighted by Crippen LogP contribution is -2.37. The third-order valence-corrected chi connectivity index (χ3v) is 3.66. The highest BCUT2D eigenvalue weighted by molar-refractivity contribution is 6.02. The van der Waals surface area contributed by atoms with E-state index < -0.39 is 5.54 Å². The first-order valence-corrected chi connectivity index (χ1v) is 7.32. The first-order chi connectivity index (χ1) is 11.1. The van der Waals surface area contributed by atoms with Gasteiger partial charge in [0.1, 0.15) is 23.7 Å². The SMILES string of the molecule is CC1(c2cccc(NC(=O)c3ccccn3)c2)COCC(N)=N1.Cl. The van der Waals surface area contributed by atoms with Crippen LogP contribution in [0.5, 0.6) is 0 Å². The van der Waals surface area contributed by atoms with Gasteiger partial charge in [-0.05, 0) is 36.8 Å². The molecule has 1 aliphatic heterocycles. The maximum Gasteiger partial charge on any atom is 0.274 e. The second-order valence-corrected chi connectivity index (χ2v) is 5.62. The van der Waals surface area contributed by atoms with Crippen molar-refractivity contribution in [1.29, 1.82) is 0 Å². The average Bonchev–Trinajstić information content (AvgIpc) is 2.56. The van der Waals surface area contributed by atoms with E-state index in [1.54, 1.807) is 24.4 Å². The first kappa shape index (κ1) is 17.9. The number of hydrogen-bond acceptors (Lipinski definition) is 5. The Morgan fingerprint density at radius 3 is 2.83 bits per heavy atom. The number of ether oxygens (including phenoxy) is 1. The summed E-state index contributed by atoms with van der Waals surface area (Å²) in [5.41, 5.74) is 7.22. The van der Waals surface area contributed by atoms with Crippen LogP contribution in [0.25, 0.3) is 0 Å². The second kappa shape index (κ2) is 7.42. The number of carbonyl (C=O) groups excluding carboxylic acids is 1. The van der Waals surface area contributed by atoms with Crippen LogP contribution in [0, 0.1) is 0 Å². The van der Waals surface area contributed by atoms with Gasteiger partial charge in [-0.15, -0.1) is 12.4 Å². The summed E-state index contributed by atoms with van der Waals surface area (Å²) >= 11 is 0. The molecule has 0 aliphatic carbocycles. The van der Waals surface area contributed by atoms with Crippen molar-refractivity contribution in [3.8, 4) is 0 Å². The van der Waals surface area contributed by atoms with Crippen molar-refractivity contribution in [2.75, 3.05) is 18.5 Å². The van der Waals surface area contributed by atoms with Gasteiger partial charge in [-0.3, -0.25) is 14.8 Å². The molecular formula is C17H19ClN4O2. The molecule has 1 aliphatic rings. The number of amides is 1. The van der Waals surface area contributed by atoms with Gasteiger partial charge in [0.05, 0.1) is 6.61 Å². The Labute approximate surface area is 146 Å². The molecule has 6 nitrogen and oxygen atoms in total. The third-order valence-electron chi connectivity index (χ3n) is 3.66. The zero-order chi connectivity index (χ0) is 16.3. The van der Waals surface area contributed by atoms with Gasteiger partial charge in [-0.2, -0.15) is 0 Å². The molecule has 1 aromatic heterocycles. The molecule has 7 heteroatoms. The van der Waals surface area contributed by atoms with Crippen LogP contribution in [0.2, 0.25) is 0 Å². The Kier molecular flexibility index (Phi) is 5.54. The predicted molar refractivity (Wildman–Crippen MR) is 95.7 cm³/mol. The van der Waals surface area contributed by atoms with Crippen LogP contribution in [0.15, 0.2) is 53.7 Å². The molecule has 0 saturated carbocycles. The molecule has 1 amide bonds. The number of benzene rings is 1. The molecule has 1 unspecified atom stereocenters. The highest BCUT2D eigenvalue weighted by Crippen LogP contribution is 2.29. The predicted octanol–water partition coefficient (Wildman–Crippen LogP) is 2.36. The number of halogens is 1. The summed E-state index contributed by atoms with van der Waals surface area (Å²) in [4.78, 5) is 20.7. The van der Waals surface area contributed by atoms with E-state index in [0.29, 0.717) is 30.4 Å². The minimum absolute atomic E-state index is 0. The van der Waals surface area contributed by atoms with Gasteiger partial charge in [0.25, 0.3) is 5.91 Å². The van der Waals surface area contributed by atoms with Gasteiger partial charge in [0.2, 0.25) is 0 Å². The van der Waals surface area contributed by atoms with Crippen molar-refractivity contribution in [2.24, 2.45) is 10.7 Å². The summed E-state index contributed by atoms with van der Waals surface area (Å²) in [5, 5.41) is 2.84. The lowest BCUT2D eigenvalue weighted by molar-refractivity contribution is 0.102. The fourth-order valence-corrected chi connectivity index (χ4v) is 2.51. The summed E-state index contributed by atoms with van der Waals surface area (Å²) in [6.45, 7) is 2.76. The molecular weight excluding hydrogens is 328 g/mol. The monoisotopic (exact) mass is 346 g/mol. The maximum absolute atomic E-state index is 12.2. The van der Waals surface area contributed by atoms with Crippen molar-refractivity contribution in [2.45, 2.75) is 12.5 Å². The van der Waals surface area contributed by atoms with Crippen LogP contribution < -0.4 is 11.1 Å². The lowest BCUT2D eigenvalue weighted by atomic mass is 9.92. The molecule has 24 heavy (non-hydrogen) atoms. The maximum atomic E-state index is 12.2. The number of pyridine rings is 1. The fraction of sp³-hybridized carbons (Fsp3) is 0.235. The highest BCUT2D eigenvalue weighted by atomic mass is 35.5. The number of aliphatic imine (C=N–C) groups is 1. The summed E-state index contributed by atoms with van der Waals surface area (Å²) < 4.78 is 5.49. The van der Waals surface area contributed by atoms with Gasteiger partial charge in [0, 0.05) is 11.9 Å². The Bertz CT molecular complexity index is 751. The highest BCUT2D eigenvalue weighted by Gasteiger charge is 2.30. The topological polar surface area (TPSA) is 89.6 Å². The van der Waals surface area contributed by atoms with E-state index >= 15 is 0 Å². The molecule has 1 aromatic carbocycles. The van der Waals surface area contributed by atoms with E-state index in [-0.39, 0.29) is 18.3 Å². The number of amidine groups is 1. The first-order valence-electron chi connectivity index (χ1n) is 7.32. The van der Waals surface area contributed by atoms with Crippen LogP contribution in [0.1, 0.15) is 23.0 Å². The molecule has 0 spiro atoms. The number of rotatable bonds is 3. The van der Waals surface area contributed by atoms with E-state index in [4.69, 9.17) is 10.5 Å². The quantitative estimate of drug-likeness (QED) is 0.892. The van der Waals surface area contributed by atoms with Crippen molar-refractivity contribution in [1.82, 2.24) is 4.98 Å². The minimum Gasteiger partial charge on any atom is -0.386 e. The third kappa shape index (κ3) is 3.90.